The van der Waals surface area contributed by atoms with Crippen molar-refractivity contribution in [2.24, 2.45) is 0 Å². The number of aromatic nitrogens is 2. The Bertz CT molecular complexity index is 839. The van der Waals surface area contributed by atoms with E-state index in [9.17, 15) is 0 Å². The van der Waals surface area contributed by atoms with Crippen molar-refractivity contribution < 1.29 is 0 Å². The first-order chi connectivity index (χ1) is 11.6. The Hall–Kier alpha value is -2.06. The lowest BCUT2D eigenvalue weighted by Crippen LogP contribution is -2.08. The van der Waals surface area contributed by atoms with Crippen LogP contribution in [0.1, 0.15) is 5.56 Å². The highest BCUT2D eigenvalue weighted by Crippen LogP contribution is 2.27. The monoisotopic (exact) mass is 451 g/mol. The molecule has 0 saturated heterocycles. The fourth-order valence-corrected chi connectivity index (χ4v) is 2.69. The Morgan fingerprint density at radius 1 is 1.00 bits per heavy atom. The van der Waals surface area contributed by atoms with E-state index in [0.717, 1.165) is 14.8 Å². The van der Waals surface area contributed by atoms with Crippen LogP contribution in [0.4, 0.5) is 23.0 Å². The van der Waals surface area contributed by atoms with Crippen LogP contribution in [-0.4, -0.2) is 9.97 Å². The fraction of sp³-hybridized carbons (Fsp3) is 0.0588. The van der Waals surface area contributed by atoms with E-state index in [1.807, 2.05) is 48.5 Å². The number of rotatable bonds is 5. The second kappa shape index (κ2) is 7.67. The third kappa shape index (κ3) is 4.07. The smallest absolute Gasteiger partial charge is 0.159 e. The van der Waals surface area contributed by atoms with E-state index in [4.69, 9.17) is 17.3 Å². The summed E-state index contributed by atoms with van der Waals surface area (Å²) >= 11 is 8.42. The third-order valence-electron chi connectivity index (χ3n) is 3.39. The van der Waals surface area contributed by atoms with Crippen molar-refractivity contribution in [3.05, 3.63) is 69.0 Å². The van der Waals surface area contributed by atoms with Gasteiger partial charge < -0.3 is 16.4 Å². The van der Waals surface area contributed by atoms with Gasteiger partial charge in [-0.3, -0.25) is 0 Å². The second-order valence-electron chi connectivity index (χ2n) is 5.06. The molecule has 3 aromatic rings. The summed E-state index contributed by atoms with van der Waals surface area (Å²) in [4.78, 5) is 8.42. The molecule has 0 amide bonds. The van der Waals surface area contributed by atoms with E-state index in [2.05, 4.69) is 43.2 Å². The lowest BCUT2D eigenvalue weighted by atomic mass is 10.2. The van der Waals surface area contributed by atoms with E-state index in [0.29, 0.717) is 28.9 Å². The summed E-state index contributed by atoms with van der Waals surface area (Å²) in [5, 5.41) is 7.11. The Kier molecular flexibility index (Phi) is 5.37. The zero-order valence-electron chi connectivity index (χ0n) is 12.6. The number of hydrogen-bond donors (Lipinski definition) is 3. The van der Waals surface area contributed by atoms with Gasteiger partial charge in [-0.05, 0) is 58.5 Å². The van der Waals surface area contributed by atoms with E-state index in [1.165, 1.54) is 6.33 Å². The van der Waals surface area contributed by atoms with Gasteiger partial charge in [0.2, 0.25) is 0 Å². The van der Waals surface area contributed by atoms with Crippen LogP contribution in [0, 0.1) is 3.57 Å². The first-order valence-corrected chi connectivity index (χ1v) is 8.69. The third-order valence-corrected chi connectivity index (χ3v) is 4.48. The number of anilines is 4. The van der Waals surface area contributed by atoms with Gasteiger partial charge in [0.05, 0.1) is 0 Å². The summed E-state index contributed by atoms with van der Waals surface area (Å²) in [5.41, 5.74) is 8.53. The normalized spacial score (nSPS) is 10.4. The number of nitrogens with zero attached hydrogens (tertiary/aromatic N) is 2. The summed E-state index contributed by atoms with van der Waals surface area (Å²) in [6.07, 6.45) is 1.47. The van der Waals surface area contributed by atoms with Gasteiger partial charge in [0.15, 0.2) is 11.6 Å². The first-order valence-electron chi connectivity index (χ1n) is 7.24. The van der Waals surface area contributed by atoms with Crippen molar-refractivity contribution in [1.29, 1.82) is 0 Å². The number of halogens is 2. The van der Waals surface area contributed by atoms with Gasteiger partial charge in [0, 0.05) is 20.8 Å². The summed E-state index contributed by atoms with van der Waals surface area (Å²) in [6.45, 7) is 0.532. The molecule has 0 atom stereocenters. The maximum absolute atomic E-state index is 6.18. The topological polar surface area (TPSA) is 75.9 Å². The molecule has 0 aliphatic carbocycles. The van der Waals surface area contributed by atoms with Gasteiger partial charge in [-0.1, -0.05) is 29.8 Å². The van der Waals surface area contributed by atoms with E-state index < -0.39 is 0 Å². The molecule has 0 aliphatic heterocycles. The molecule has 0 spiro atoms. The Morgan fingerprint density at radius 3 is 2.46 bits per heavy atom. The molecule has 1 aromatic heterocycles. The minimum atomic E-state index is 0.461. The Morgan fingerprint density at radius 2 is 1.71 bits per heavy atom. The molecule has 0 bridgehead atoms. The first kappa shape index (κ1) is 16.8. The Labute approximate surface area is 158 Å². The van der Waals surface area contributed by atoms with Gasteiger partial charge in [-0.2, -0.15) is 0 Å². The quantitative estimate of drug-likeness (QED) is 0.491. The van der Waals surface area contributed by atoms with Crippen molar-refractivity contribution in [3.8, 4) is 0 Å². The lowest BCUT2D eigenvalue weighted by Gasteiger charge is -2.13. The molecular weight excluding hydrogens is 437 g/mol. The standard InChI is InChI=1S/C17H15ClIN5/c18-14-4-2-1-3-11(14)9-21-16-15(20)17(23-10-22-16)24-13-7-5-12(19)6-8-13/h1-8,10H,9,20H2,(H2,21,22,23,24). The van der Waals surface area contributed by atoms with E-state index >= 15 is 0 Å². The molecule has 0 radical (unpaired) electrons. The fourth-order valence-electron chi connectivity index (χ4n) is 2.13. The van der Waals surface area contributed by atoms with Crippen LogP contribution >= 0.6 is 34.2 Å². The molecule has 0 aliphatic rings. The summed E-state index contributed by atoms with van der Waals surface area (Å²) in [7, 11) is 0. The van der Waals surface area contributed by atoms with Crippen LogP contribution in [0.15, 0.2) is 54.9 Å². The van der Waals surface area contributed by atoms with Crippen molar-refractivity contribution in [2.75, 3.05) is 16.4 Å². The van der Waals surface area contributed by atoms with E-state index in [-0.39, 0.29) is 0 Å². The average Bonchev–Trinajstić information content (AvgIpc) is 2.59. The summed E-state index contributed by atoms with van der Waals surface area (Å²) in [6, 6.07) is 15.6. The highest BCUT2D eigenvalue weighted by atomic mass is 127. The molecule has 4 N–H and O–H groups in total. The minimum absolute atomic E-state index is 0.461. The average molecular weight is 452 g/mol. The predicted octanol–water partition coefficient (Wildman–Crippen LogP) is 4.67. The molecular formula is C17H15ClIN5. The number of nitrogens with one attached hydrogen (secondary N) is 2. The van der Waals surface area contributed by atoms with Gasteiger partial charge in [0.1, 0.15) is 12.0 Å². The Balaban J connectivity index is 1.75. The lowest BCUT2D eigenvalue weighted by molar-refractivity contribution is 1.09. The highest BCUT2D eigenvalue weighted by Gasteiger charge is 2.09. The molecule has 0 fully saturated rings. The summed E-state index contributed by atoms with van der Waals surface area (Å²) in [5.74, 6) is 1.13. The molecule has 0 unspecified atom stereocenters. The van der Waals surface area contributed by atoms with E-state index in [1.54, 1.807) is 0 Å². The van der Waals surface area contributed by atoms with Crippen LogP contribution < -0.4 is 16.4 Å². The highest BCUT2D eigenvalue weighted by molar-refractivity contribution is 14.1. The molecule has 1 heterocycles. The predicted molar refractivity (Wildman–Crippen MR) is 108 cm³/mol. The van der Waals surface area contributed by atoms with Crippen LogP contribution in [0.2, 0.25) is 5.02 Å². The number of benzene rings is 2. The van der Waals surface area contributed by atoms with Crippen LogP contribution in [0.25, 0.3) is 0 Å². The van der Waals surface area contributed by atoms with Gasteiger partial charge in [-0.15, -0.1) is 0 Å². The van der Waals surface area contributed by atoms with Crippen molar-refractivity contribution in [2.45, 2.75) is 6.54 Å². The molecule has 2 aromatic carbocycles. The van der Waals surface area contributed by atoms with Crippen LogP contribution in [0.3, 0.4) is 0 Å². The number of nitrogen functional groups attached to an aromatic ring is 1. The van der Waals surface area contributed by atoms with Crippen LogP contribution in [0.5, 0.6) is 0 Å². The zero-order valence-corrected chi connectivity index (χ0v) is 15.5. The maximum Gasteiger partial charge on any atom is 0.159 e. The largest absolute Gasteiger partial charge is 0.393 e. The number of nitrogens with two attached hydrogens (primary N) is 1. The van der Waals surface area contributed by atoms with Crippen molar-refractivity contribution in [1.82, 2.24) is 9.97 Å². The molecule has 24 heavy (non-hydrogen) atoms. The van der Waals surface area contributed by atoms with Gasteiger partial charge in [-0.25, -0.2) is 9.97 Å². The van der Waals surface area contributed by atoms with Crippen molar-refractivity contribution in [3.63, 3.8) is 0 Å². The minimum Gasteiger partial charge on any atom is -0.393 e. The zero-order chi connectivity index (χ0) is 16.9. The SMILES string of the molecule is Nc1c(NCc2ccccc2Cl)ncnc1Nc1ccc(I)cc1. The molecule has 5 nitrogen and oxygen atoms in total. The van der Waals surface area contributed by atoms with Gasteiger partial charge >= 0.3 is 0 Å². The molecule has 7 heteroatoms. The molecule has 0 saturated carbocycles. The second-order valence-corrected chi connectivity index (χ2v) is 6.71. The van der Waals surface area contributed by atoms with Gasteiger partial charge in [0.25, 0.3) is 0 Å². The number of hydrogen-bond acceptors (Lipinski definition) is 5. The summed E-state index contributed by atoms with van der Waals surface area (Å²) < 4.78 is 1.16. The molecule has 3 rings (SSSR count). The molecule has 122 valence electrons. The van der Waals surface area contributed by atoms with Crippen LogP contribution in [-0.2, 0) is 6.54 Å². The maximum atomic E-state index is 6.18. The van der Waals surface area contributed by atoms with Crippen molar-refractivity contribution >= 4 is 57.2 Å².